The van der Waals surface area contributed by atoms with Crippen LogP contribution >= 0.6 is 0 Å². The number of aryl methyl sites for hydroxylation is 4. The van der Waals surface area contributed by atoms with Gasteiger partial charge in [-0.2, -0.15) is 0 Å². The number of nitrogens with two attached hydrogens (primary N) is 2. The fourth-order valence-electron chi connectivity index (χ4n) is 7.33. The number of hydrogen-bond acceptors (Lipinski definition) is 7. The van der Waals surface area contributed by atoms with Crippen molar-refractivity contribution >= 4 is 34.3 Å². The van der Waals surface area contributed by atoms with Crippen LogP contribution in [0.4, 0.5) is 11.5 Å². The van der Waals surface area contributed by atoms with Gasteiger partial charge in [0.1, 0.15) is 17.5 Å². The lowest BCUT2D eigenvalue weighted by molar-refractivity contribution is 0.0984. The number of carbonyl (C=O) groups excluding carboxylic acids is 1. The van der Waals surface area contributed by atoms with Gasteiger partial charge in [-0.25, -0.2) is 9.97 Å². The van der Waals surface area contributed by atoms with Crippen LogP contribution in [0.2, 0.25) is 0 Å². The number of amidine groups is 1. The number of benzene rings is 4. The minimum Gasteiger partial charge on any atom is -0.384 e. The SMILES string of the molecule is Cc1ccccc1N1CCN(CCCn2c(CCc3ccc(C(=N)N)cc3)nc3cc(C(=O)N(Cc4ccc(CN)cc4)c4ccccn4)ccc32)CC1. The van der Waals surface area contributed by atoms with Crippen LogP contribution in [0.1, 0.15) is 50.4 Å². The van der Waals surface area contributed by atoms with Crippen molar-refractivity contribution in [3.63, 3.8) is 0 Å². The number of nitrogen functional groups attached to an aromatic ring is 1. The molecule has 1 saturated heterocycles. The van der Waals surface area contributed by atoms with E-state index >= 15 is 0 Å². The molecule has 1 fully saturated rings. The standard InChI is InChI=1S/C44H49N9O/c1-32-7-2-3-8-39(32)51-27-25-50(26-28-51)23-6-24-52-40-20-19-37(29-38(40)49-42(52)21-16-33-14-17-36(18-15-33)43(46)47)44(54)53(41-9-4-5-22-48-41)31-35-12-10-34(30-45)11-13-35/h2-5,7-15,17-20,22,29H,6,16,21,23-28,30-31,45H2,1H3,(H3,46,47). The van der Waals surface area contributed by atoms with Gasteiger partial charge in [-0.15, -0.1) is 0 Å². The van der Waals surface area contributed by atoms with E-state index in [-0.39, 0.29) is 11.7 Å². The van der Waals surface area contributed by atoms with Crippen LogP contribution in [0, 0.1) is 12.3 Å². The fraction of sp³-hybridized carbons (Fsp3) is 0.273. The first-order valence-corrected chi connectivity index (χ1v) is 18.8. The molecule has 1 aliphatic heterocycles. The van der Waals surface area contributed by atoms with Gasteiger partial charge in [-0.3, -0.25) is 20.0 Å². The molecule has 10 heteroatoms. The number of anilines is 2. The molecule has 6 aromatic rings. The van der Waals surface area contributed by atoms with Gasteiger partial charge in [0.15, 0.2) is 0 Å². The molecule has 0 radical (unpaired) electrons. The minimum absolute atomic E-state index is 0.0661. The normalized spacial score (nSPS) is 13.3. The summed E-state index contributed by atoms with van der Waals surface area (Å²) in [5.74, 6) is 1.52. The molecule has 4 aromatic carbocycles. The topological polar surface area (TPSA) is 133 Å². The molecule has 7 rings (SSSR count). The van der Waals surface area contributed by atoms with Crippen LogP contribution < -0.4 is 21.3 Å². The monoisotopic (exact) mass is 719 g/mol. The molecular weight excluding hydrogens is 671 g/mol. The Morgan fingerprint density at radius 2 is 1.50 bits per heavy atom. The Labute approximate surface area is 317 Å². The molecule has 0 unspecified atom stereocenters. The first-order chi connectivity index (χ1) is 26.4. The molecule has 1 aliphatic rings. The molecule has 5 N–H and O–H groups in total. The summed E-state index contributed by atoms with van der Waals surface area (Å²) in [6.45, 7) is 9.00. The largest absolute Gasteiger partial charge is 0.384 e. The van der Waals surface area contributed by atoms with E-state index in [1.807, 2.05) is 84.9 Å². The zero-order valence-electron chi connectivity index (χ0n) is 31.0. The number of piperazine rings is 1. The Balaban J connectivity index is 1.11. The Bertz CT molecular complexity index is 2190. The summed E-state index contributed by atoms with van der Waals surface area (Å²) < 4.78 is 2.34. The smallest absolute Gasteiger partial charge is 0.259 e. The third-order valence-corrected chi connectivity index (χ3v) is 10.4. The van der Waals surface area contributed by atoms with Gasteiger partial charge in [0.05, 0.1) is 17.6 Å². The van der Waals surface area contributed by atoms with Crippen LogP contribution in [0.15, 0.2) is 115 Å². The van der Waals surface area contributed by atoms with Crippen LogP contribution in [-0.2, 0) is 32.5 Å². The van der Waals surface area contributed by atoms with Crippen molar-refractivity contribution < 1.29 is 4.79 Å². The van der Waals surface area contributed by atoms with E-state index < -0.39 is 0 Å². The maximum atomic E-state index is 14.3. The zero-order chi connectivity index (χ0) is 37.4. The van der Waals surface area contributed by atoms with Crippen molar-refractivity contribution in [2.75, 3.05) is 42.5 Å². The molecule has 2 aromatic heterocycles. The van der Waals surface area contributed by atoms with E-state index in [2.05, 4.69) is 50.5 Å². The average Bonchev–Trinajstić information content (AvgIpc) is 3.56. The Kier molecular flexibility index (Phi) is 11.4. The summed E-state index contributed by atoms with van der Waals surface area (Å²) in [5.41, 5.74) is 20.5. The number of para-hydroxylation sites is 1. The van der Waals surface area contributed by atoms with Crippen molar-refractivity contribution in [3.8, 4) is 0 Å². The highest BCUT2D eigenvalue weighted by atomic mass is 16.2. The summed E-state index contributed by atoms with van der Waals surface area (Å²) in [6, 6.07) is 36.1. The maximum absolute atomic E-state index is 14.3. The number of pyridine rings is 1. The van der Waals surface area contributed by atoms with Gasteiger partial charge in [-0.05, 0) is 85.0 Å². The van der Waals surface area contributed by atoms with Crippen LogP contribution in [-0.4, -0.2) is 63.9 Å². The lowest BCUT2D eigenvalue weighted by Gasteiger charge is -2.36. The van der Waals surface area contributed by atoms with E-state index in [9.17, 15) is 4.79 Å². The van der Waals surface area contributed by atoms with Crippen molar-refractivity contribution in [2.45, 2.75) is 45.8 Å². The molecule has 0 atom stereocenters. The van der Waals surface area contributed by atoms with Crippen molar-refractivity contribution in [1.82, 2.24) is 19.4 Å². The predicted molar refractivity (Wildman–Crippen MR) is 218 cm³/mol. The summed E-state index contributed by atoms with van der Waals surface area (Å²) in [4.78, 5) is 30.8. The molecule has 0 spiro atoms. The molecule has 0 aliphatic carbocycles. The third kappa shape index (κ3) is 8.51. The lowest BCUT2D eigenvalue weighted by Crippen LogP contribution is -2.47. The number of fused-ring (bicyclic) bond motifs is 1. The van der Waals surface area contributed by atoms with E-state index in [1.54, 1.807) is 11.1 Å². The zero-order valence-corrected chi connectivity index (χ0v) is 31.0. The summed E-state index contributed by atoms with van der Waals surface area (Å²) in [6.07, 6.45) is 4.24. The van der Waals surface area contributed by atoms with Crippen LogP contribution in [0.25, 0.3) is 11.0 Å². The number of hydrogen-bond donors (Lipinski definition) is 3. The molecule has 0 bridgehead atoms. The highest BCUT2D eigenvalue weighted by Crippen LogP contribution is 2.25. The number of imidazole rings is 1. The van der Waals surface area contributed by atoms with Crippen molar-refractivity contribution in [1.29, 1.82) is 5.41 Å². The molecular formula is C44H49N9O. The number of amides is 1. The third-order valence-electron chi connectivity index (χ3n) is 10.4. The Hall–Kier alpha value is -5.84. The average molecular weight is 720 g/mol. The van der Waals surface area contributed by atoms with Gasteiger partial charge in [0, 0.05) is 68.7 Å². The van der Waals surface area contributed by atoms with E-state index in [0.717, 1.165) is 97.6 Å². The van der Waals surface area contributed by atoms with Crippen molar-refractivity contribution in [2.24, 2.45) is 11.5 Å². The van der Waals surface area contributed by atoms with Crippen molar-refractivity contribution in [3.05, 3.63) is 155 Å². The van der Waals surface area contributed by atoms with Gasteiger partial charge in [0.25, 0.3) is 5.91 Å². The quantitative estimate of drug-likeness (QED) is 0.0886. The van der Waals surface area contributed by atoms with E-state index in [1.165, 1.54) is 11.3 Å². The van der Waals surface area contributed by atoms with Gasteiger partial charge in [-0.1, -0.05) is 72.8 Å². The summed E-state index contributed by atoms with van der Waals surface area (Å²) >= 11 is 0. The molecule has 0 saturated carbocycles. The fourth-order valence-corrected chi connectivity index (χ4v) is 7.33. The highest BCUT2D eigenvalue weighted by Gasteiger charge is 2.22. The molecule has 276 valence electrons. The Morgan fingerprint density at radius 1 is 0.796 bits per heavy atom. The van der Waals surface area contributed by atoms with Gasteiger partial charge in [0.2, 0.25) is 0 Å². The second-order valence-corrected chi connectivity index (χ2v) is 14.1. The number of nitrogens with one attached hydrogen (secondary N) is 1. The predicted octanol–water partition coefficient (Wildman–Crippen LogP) is 6.33. The van der Waals surface area contributed by atoms with E-state index in [0.29, 0.717) is 24.5 Å². The van der Waals surface area contributed by atoms with Crippen LogP contribution in [0.3, 0.4) is 0 Å². The number of nitrogens with zero attached hydrogens (tertiary/aromatic N) is 6. The molecule has 3 heterocycles. The number of carbonyl (C=O) groups is 1. The summed E-state index contributed by atoms with van der Waals surface area (Å²) in [7, 11) is 0. The highest BCUT2D eigenvalue weighted by molar-refractivity contribution is 6.07. The number of rotatable bonds is 14. The molecule has 10 nitrogen and oxygen atoms in total. The first-order valence-electron chi connectivity index (χ1n) is 18.8. The second-order valence-electron chi connectivity index (χ2n) is 14.1. The maximum Gasteiger partial charge on any atom is 0.259 e. The summed E-state index contributed by atoms with van der Waals surface area (Å²) in [5, 5.41) is 7.75. The number of aromatic nitrogens is 3. The molecule has 54 heavy (non-hydrogen) atoms. The van der Waals surface area contributed by atoms with Crippen LogP contribution in [0.5, 0.6) is 0 Å². The minimum atomic E-state index is -0.134. The Morgan fingerprint density at radius 3 is 2.20 bits per heavy atom. The van der Waals surface area contributed by atoms with E-state index in [4.69, 9.17) is 21.9 Å². The van der Waals surface area contributed by atoms with Gasteiger partial charge < -0.3 is 20.9 Å². The first kappa shape index (κ1) is 36.5. The second kappa shape index (κ2) is 16.9. The molecule has 1 amide bonds. The van der Waals surface area contributed by atoms with Gasteiger partial charge >= 0.3 is 0 Å². The lowest BCUT2D eigenvalue weighted by atomic mass is 10.1.